The van der Waals surface area contributed by atoms with Crippen molar-refractivity contribution in [3.05, 3.63) is 119 Å². The molecule has 1 unspecified atom stereocenters. The molecule has 248 valence electrons. The Morgan fingerprint density at radius 3 is 2.11 bits per heavy atom. The Morgan fingerprint density at radius 1 is 0.830 bits per heavy atom. The van der Waals surface area contributed by atoms with Gasteiger partial charge >= 0.3 is 0 Å². The first kappa shape index (κ1) is 35.3. The van der Waals surface area contributed by atoms with E-state index in [1.165, 1.54) is 37.3 Å². The van der Waals surface area contributed by atoms with Gasteiger partial charge in [-0.15, -0.1) is 0 Å². The van der Waals surface area contributed by atoms with E-state index in [-0.39, 0.29) is 41.1 Å². The van der Waals surface area contributed by atoms with Crippen LogP contribution in [0.5, 0.6) is 11.5 Å². The first-order valence-electron chi connectivity index (χ1n) is 15.2. The first-order chi connectivity index (χ1) is 22.5. The fourth-order valence-electron chi connectivity index (χ4n) is 5.03. The predicted octanol–water partition coefficient (Wildman–Crippen LogP) is 5.96. The van der Waals surface area contributed by atoms with Crippen LogP contribution in [0.3, 0.4) is 0 Å². The number of anilines is 1. The topological polar surface area (TPSA) is 105 Å². The highest BCUT2D eigenvalue weighted by Crippen LogP contribution is 2.36. The van der Waals surface area contributed by atoms with Gasteiger partial charge in [-0.1, -0.05) is 86.1 Å². The number of nitrogens with one attached hydrogen (secondary N) is 1. The van der Waals surface area contributed by atoms with E-state index in [9.17, 15) is 18.0 Å². The van der Waals surface area contributed by atoms with Gasteiger partial charge in [0.2, 0.25) is 11.8 Å². The van der Waals surface area contributed by atoms with Crippen LogP contribution in [0.25, 0.3) is 0 Å². The fraction of sp³-hybridized carbons (Fsp3) is 0.278. The molecule has 1 N–H and O–H groups in total. The first-order valence-corrected chi connectivity index (χ1v) is 17.0. The standard InChI is InChI=1S/C36H40ClN3O6S/c1-26(2)23-38-36(42)33(21-27-12-7-5-8-13-27)39(24-28-14-11-15-29(37)20-28)35(41)25-40(47(43,44)31-16-9-6-10-17-31)32-22-30(45-3)18-19-34(32)46-4/h5-20,22,26,33H,21,23-25H2,1-4H3,(H,38,42). The number of ether oxygens (including phenoxy) is 2. The molecule has 0 aromatic heterocycles. The lowest BCUT2D eigenvalue weighted by atomic mass is 10.0. The van der Waals surface area contributed by atoms with Crippen LogP contribution in [-0.4, -0.2) is 58.5 Å². The molecule has 4 rings (SSSR count). The Labute approximate surface area is 282 Å². The van der Waals surface area contributed by atoms with E-state index >= 15 is 0 Å². The second-order valence-corrected chi connectivity index (χ2v) is 13.7. The maximum absolute atomic E-state index is 14.7. The van der Waals surface area contributed by atoms with Crippen molar-refractivity contribution in [3.8, 4) is 11.5 Å². The number of rotatable bonds is 15. The van der Waals surface area contributed by atoms with Crippen molar-refractivity contribution < 1.29 is 27.5 Å². The van der Waals surface area contributed by atoms with Gasteiger partial charge in [0.25, 0.3) is 10.0 Å². The molecule has 0 saturated carbocycles. The predicted molar refractivity (Wildman–Crippen MR) is 184 cm³/mol. The molecule has 0 aliphatic heterocycles. The van der Waals surface area contributed by atoms with Crippen LogP contribution >= 0.6 is 11.6 Å². The number of amides is 2. The molecule has 0 aliphatic carbocycles. The summed E-state index contributed by atoms with van der Waals surface area (Å²) in [5.74, 6) is -0.202. The van der Waals surface area contributed by atoms with Crippen molar-refractivity contribution in [1.29, 1.82) is 0 Å². The molecule has 9 nitrogen and oxygen atoms in total. The van der Waals surface area contributed by atoms with Crippen molar-refractivity contribution in [2.45, 2.75) is 37.8 Å². The Kier molecular flexibility index (Phi) is 12.3. The van der Waals surface area contributed by atoms with Gasteiger partial charge in [0.05, 0.1) is 24.8 Å². The summed E-state index contributed by atoms with van der Waals surface area (Å²) in [4.78, 5) is 30.0. The summed E-state index contributed by atoms with van der Waals surface area (Å²) >= 11 is 6.32. The molecule has 0 saturated heterocycles. The molecular weight excluding hydrogens is 638 g/mol. The molecule has 0 aliphatic rings. The molecule has 0 spiro atoms. The smallest absolute Gasteiger partial charge is 0.264 e. The van der Waals surface area contributed by atoms with Crippen molar-refractivity contribution in [1.82, 2.24) is 10.2 Å². The van der Waals surface area contributed by atoms with Crippen LogP contribution < -0.4 is 19.1 Å². The van der Waals surface area contributed by atoms with Crippen LogP contribution in [0.4, 0.5) is 5.69 Å². The van der Waals surface area contributed by atoms with Gasteiger partial charge in [-0.25, -0.2) is 8.42 Å². The monoisotopic (exact) mass is 677 g/mol. The number of carbonyl (C=O) groups excluding carboxylic acids is 2. The molecular formula is C36H40ClN3O6S. The molecule has 0 radical (unpaired) electrons. The van der Waals surface area contributed by atoms with Crippen LogP contribution in [0.15, 0.2) is 108 Å². The molecule has 11 heteroatoms. The van der Waals surface area contributed by atoms with E-state index in [1.54, 1.807) is 54.6 Å². The molecule has 1 atom stereocenters. The third-order valence-corrected chi connectivity index (χ3v) is 9.47. The number of sulfonamides is 1. The molecule has 47 heavy (non-hydrogen) atoms. The second kappa shape index (κ2) is 16.3. The molecule has 0 bridgehead atoms. The highest BCUT2D eigenvalue weighted by Gasteiger charge is 2.35. The molecule has 0 heterocycles. The Balaban J connectivity index is 1.85. The summed E-state index contributed by atoms with van der Waals surface area (Å²) in [6, 6.07) is 28.0. The zero-order valence-corrected chi connectivity index (χ0v) is 28.5. The Morgan fingerprint density at radius 2 is 1.49 bits per heavy atom. The van der Waals surface area contributed by atoms with Gasteiger partial charge in [0.15, 0.2) is 0 Å². The van der Waals surface area contributed by atoms with Gasteiger partial charge in [0, 0.05) is 30.6 Å². The van der Waals surface area contributed by atoms with Crippen molar-refractivity contribution >= 4 is 39.1 Å². The zero-order valence-electron chi connectivity index (χ0n) is 26.9. The van der Waals surface area contributed by atoms with Gasteiger partial charge in [-0.05, 0) is 53.4 Å². The zero-order chi connectivity index (χ0) is 34.0. The third-order valence-electron chi connectivity index (χ3n) is 7.46. The van der Waals surface area contributed by atoms with E-state index in [1.807, 2.05) is 44.2 Å². The van der Waals surface area contributed by atoms with E-state index in [0.29, 0.717) is 22.9 Å². The van der Waals surface area contributed by atoms with Crippen LogP contribution in [-0.2, 0) is 32.6 Å². The normalized spacial score (nSPS) is 11.9. The number of methoxy groups -OCH3 is 2. The summed E-state index contributed by atoms with van der Waals surface area (Å²) in [7, 11) is -1.44. The number of halogens is 1. The minimum absolute atomic E-state index is 0.000459. The maximum atomic E-state index is 14.7. The van der Waals surface area contributed by atoms with E-state index in [0.717, 1.165) is 9.87 Å². The van der Waals surface area contributed by atoms with Crippen LogP contribution in [0.2, 0.25) is 5.02 Å². The SMILES string of the molecule is COc1ccc(OC)c(N(CC(=O)N(Cc2cccc(Cl)c2)C(Cc2ccccc2)C(=O)NCC(C)C)S(=O)(=O)c2ccccc2)c1. The molecule has 2 amide bonds. The fourth-order valence-corrected chi connectivity index (χ4v) is 6.68. The summed E-state index contributed by atoms with van der Waals surface area (Å²) < 4.78 is 40.6. The number of carbonyl (C=O) groups is 2. The van der Waals surface area contributed by atoms with Gasteiger partial charge < -0.3 is 19.7 Å². The average Bonchev–Trinajstić information content (AvgIpc) is 3.08. The average molecular weight is 678 g/mol. The maximum Gasteiger partial charge on any atom is 0.264 e. The van der Waals surface area contributed by atoms with E-state index in [4.69, 9.17) is 21.1 Å². The molecule has 0 fully saturated rings. The van der Waals surface area contributed by atoms with Crippen LogP contribution in [0.1, 0.15) is 25.0 Å². The number of benzene rings is 4. The van der Waals surface area contributed by atoms with Crippen molar-refractivity contribution in [2.75, 3.05) is 31.6 Å². The van der Waals surface area contributed by atoms with E-state index < -0.39 is 28.5 Å². The third kappa shape index (κ3) is 9.27. The number of hydrogen-bond acceptors (Lipinski definition) is 6. The van der Waals surface area contributed by atoms with Gasteiger partial charge in [-0.2, -0.15) is 0 Å². The molecule has 4 aromatic carbocycles. The van der Waals surface area contributed by atoms with Crippen molar-refractivity contribution in [3.63, 3.8) is 0 Å². The Bertz CT molecular complexity index is 1750. The van der Waals surface area contributed by atoms with Crippen molar-refractivity contribution in [2.24, 2.45) is 5.92 Å². The molecule has 4 aromatic rings. The number of hydrogen-bond donors (Lipinski definition) is 1. The van der Waals surface area contributed by atoms with Gasteiger partial charge in [0.1, 0.15) is 24.1 Å². The lowest BCUT2D eigenvalue weighted by molar-refractivity contribution is -0.140. The largest absolute Gasteiger partial charge is 0.497 e. The highest BCUT2D eigenvalue weighted by molar-refractivity contribution is 7.92. The summed E-state index contributed by atoms with van der Waals surface area (Å²) in [6.07, 6.45) is 0.199. The highest BCUT2D eigenvalue weighted by atomic mass is 35.5. The Hall–Kier alpha value is -4.54. The summed E-state index contributed by atoms with van der Waals surface area (Å²) in [5, 5.41) is 3.45. The summed E-state index contributed by atoms with van der Waals surface area (Å²) in [6.45, 7) is 3.73. The van der Waals surface area contributed by atoms with Gasteiger partial charge in [-0.3, -0.25) is 13.9 Å². The lowest BCUT2D eigenvalue weighted by Crippen LogP contribution is -2.53. The number of nitrogens with zero attached hydrogens (tertiary/aromatic N) is 2. The van der Waals surface area contributed by atoms with Crippen LogP contribution in [0, 0.1) is 5.92 Å². The second-order valence-electron chi connectivity index (χ2n) is 11.4. The minimum Gasteiger partial charge on any atom is -0.497 e. The lowest BCUT2D eigenvalue weighted by Gasteiger charge is -2.34. The minimum atomic E-state index is -4.32. The van der Waals surface area contributed by atoms with E-state index in [2.05, 4.69) is 5.32 Å². The quantitative estimate of drug-likeness (QED) is 0.166. The summed E-state index contributed by atoms with van der Waals surface area (Å²) in [5.41, 5.74) is 1.62.